The summed E-state index contributed by atoms with van der Waals surface area (Å²) in [7, 11) is 1.57. The summed E-state index contributed by atoms with van der Waals surface area (Å²) in [5.41, 5.74) is 1.23. The molecule has 0 bridgehead atoms. The van der Waals surface area contributed by atoms with Crippen LogP contribution in [-0.2, 0) is 23.9 Å². The van der Waals surface area contributed by atoms with Crippen LogP contribution in [0.15, 0.2) is 59.0 Å². The number of methoxy groups -OCH3 is 1. The van der Waals surface area contributed by atoms with E-state index in [1.807, 2.05) is 26.0 Å². The predicted octanol–water partition coefficient (Wildman–Crippen LogP) is 6.40. The normalized spacial score (nSPS) is 11.5. The lowest BCUT2D eigenvalue weighted by molar-refractivity contribution is -0.137. The number of amides is 2. The van der Waals surface area contributed by atoms with Gasteiger partial charge in [-0.1, -0.05) is 44.5 Å². The molecule has 38 heavy (non-hydrogen) atoms. The number of nitrogens with one attached hydrogen (secondary N) is 2. The molecule has 3 rings (SSSR count). The summed E-state index contributed by atoms with van der Waals surface area (Å²) in [4.78, 5) is 25.6. The van der Waals surface area contributed by atoms with E-state index in [1.54, 1.807) is 19.2 Å². The number of furan rings is 1. The summed E-state index contributed by atoms with van der Waals surface area (Å²) in [6, 6.07) is 11.7. The van der Waals surface area contributed by atoms with Crippen molar-refractivity contribution in [1.29, 1.82) is 0 Å². The summed E-state index contributed by atoms with van der Waals surface area (Å²) in [6.45, 7) is 4.59. The molecule has 1 heterocycles. The average Bonchev–Trinajstić information content (AvgIpc) is 3.29. The zero-order chi connectivity index (χ0) is 27.7. The van der Waals surface area contributed by atoms with Crippen molar-refractivity contribution in [2.24, 2.45) is 0 Å². The highest BCUT2D eigenvalue weighted by Crippen LogP contribution is 2.35. The van der Waals surface area contributed by atoms with Crippen molar-refractivity contribution in [2.75, 3.05) is 13.7 Å². The lowest BCUT2D eigenvalue weighted by atomic mass is 10.0. The maximum absolute atomic E-state index is 13.1. The van der Waals surface area contributed by atoms with Crippen LogP contribution in [0.2, 0.25) is 0 Å². The molecule has 0 radical (unpaired) electrons. The minimum atomic E-state index is -4.48. The number of halogens is 3. The topological polar surface area (TPSA) is 80.6 Å². The second-order valence-electron chi connectivity index (χ2n) is 8.59. The lowest BCUT2D eigenvalue weighted by Gasteiger charge is -2.09. The molecule has 0 unspecified atom stereocenters. The van der Waals surface area contributed by atoms with Crippen molar-refractivity contribution in [1.82, 2.24) is 10.6 Å². The molecule has 2 aromatic carbocycles. The van der Waals surface area contributed by atoms with Gasteiger partial charge in [0.1, 0.15) is 17.3 Å². The first-order valence-corrected chi connectivity index (χ1v) is 12.4. The highest BCUT2D eigenvalue weighted by atomic mass is 19.4. The summed E-state index contributed by atoms with van der Waals surface area (Å²) in [6.07, 6.45) is 0.367. The van der Waals surface area contributed by atoms with Gasteiger partial charge >= 0.3 is 6.18 Å². The Morgan fingerprint density at radius 3 is 2.26 bits per heavy atom. The molecular formula is C29H31F3N2O4. The van der Waals surface area contributed by atoms with E-state index in [9.17, 15) is 22.8 Å². The van der Waals surface area contributed by atoms with Crippen LogP contribution in [0.1, 0.15) is 59.5 Å². The molecule has 202 valence electrons. The Kier molecular flexibility index (Phi) is 9.76. The minimum Gasteiger partial charge on any atom is -0.497 e. The van der Waals surface area contributed by atoms with Crippen LogP contribution >= 0.6 is 0 Å². The molecule has 0 aliphatic carbocycles. The van der Waals surface area contributed by atoms with Gasteiger partial charge in [-0.2, -0.15) is 13.2 Å². The van der Waals surface area contributed by atoms with Gasteiger partial charge < -0.3 is 19.8 Å². The second-order valence-corrected chi connectivity index (χ2v) is 8.59. The molecule has 0 spiro atoms. The number of benzene rings is 2. The van der Waals surface area contributed by atoms with Crippen LogP contribution in [0.25, 0.3) is 17.4 Å². The first kappa shape index (κ1) is 28.6. The highest BCUT2D eigenvalue weighted by molar-refractivity contribution is 6.02. The molecular weight excluding hydrogens is 497 g/mol. The number of carbonyl (C=O) groups excluding carboxylic acids is 2. The van der Waals surface area contributed by atoms with E-state index in [0.29, 0.717) is 42.1 Å². The first-order chi connectivity index (χ1) is 18.2. The number of hydrogen-bond acceptors (Lipinski definition) is 4. The molecule has 0 aliphatic heterocycles. The average molecular weight is 529 g/mol. The summed E-state index contributed by atoms with van der Waals surface area (Å²) in [5.74, 6) is 0.413. The maximum Gasteiger partial charge on any atom is 0.416 e. The Morgan fingerprint density at radius 2 is 1.68 bits per heavy atom. The zero-order valence-electron chi connectivity index (χ0n) is 21.6. The summed E-state index contributed by atoms with van der Waals surface area (Å²) in [5, 5.41) is 5.63. The molecule has 0 atom stereocenters. The Morgan fingerprint density at radius 1 is 1.00 bits per heavy atom. The summed E-state index contributed by atoms with van der Waals surface area (Å²) < 4.78 is 50.3. The molecule has 3 aromatic rings. The molecule has 1 aromatic heterocycles. The van der Waals surface area contributed by atoms with Crippen molar-refractivity contribution in [3.05, 3.63) is 82.6 Å². The van der Waals surface area contributed by atoms with E-state index in [4.69, 9.17) is 9.15 Å². The summed E-state index contributed by atoms with van der Waals surface area (Å²) >= 11 is 0. The van der Waals surface area contributed by atoms with Gasteiger partial charge in [0, 0.05) is 30.3 Å². The van der Waals surface area contributed by atoms with Gasteiger partial charge in [0.15, 0.2) is 0 Å². The van der Waals surface area contributed by atoms with E-state index in [-0.39, 0.29) is 23.1 Å². The second kappa shape index (κ2) is 13.0. The predicted molar refractivity (Wildman–Crippen MR) is 140 cm³/mol. The lowest BCUT2D eigenvalue weighted by Crippen LogP contribution is -2.25. The number of ether oxygens (including phenoxy) is 1. The fourth-order valence-electron chi connectivity index (χ4n) is 3.83. The quantitative estimate of drug-likeness (QED) is 0.223. The number of alkyl halides is 3. The smallest absolute Gasteiger partial charge is 0.416 e. The Hall–Kier alpha value is -4.01. The van der Waals surface area contributed by atoms with Crippen molar-refractivity contribution >= 4 is 17.9 Å². The fraction of sp³-hybridized carbons (Fsp3) is 0.310. The molecule has 0 saturated carbocycles. The van der Waals surface area contributed by atoms with Gasteiger partial charge in [0.25, 0.3) is 5.91 Å². The largest absolute Gasteiger partial charge is 0.497 e. The Bertz CT molecular complexity index is 1260. The van der Waals surface area contributed by atoms with Gasteiger partial charge in [-0.05, 0) is 48.7 Å². The SMILES string of the molecule is CCCCNC(=O)c1c(-c2ccc(C(F)(F)F)cc2)oc(/C=C/C(=O)NCc2ccc(OC)cc2)c1CC. The minimum absolute atomic E-state index is 0.155. The molecule has 2 amide bonds. The van der Waals surface area contributed by atoms with Gasteiger partial charge in [-0.3, -0.25) is 9.59 Å². The van der Waals surface area contributed by atoms with Gasteiger partial charge in [0.05, 0.1) is 18.2 Å². The number of unbranched alkanes of at least 4 members (excludes halogenated alkanes) is 1. The third-order valence-corrected chi connectivity index (χ3v) is 5.92. The van der Waals surface area contributed by atoms with E-state index < -0.39 is 11.7 Å². The number of rotatable bonds is 11. The Labute approximate surface area is 219 Å². The highest BCUT2D eigenvalue weighted by Gasteiger charge is 2.31. The van der Waals surface area contributed by atoms with Crippen LogP contribution in [0, 0.1) is 0 Å². The standard InChI is InChI=1S/C29H31F3N2O4/c1-4-6-17-33-28(36)26-23(5-2)24(38-27(26)20-9-11-21(12-10-20)29(30,31)32)15-16-25(35)34-18-19-7-13-22(37-3)14-8-19/h7-16H,4-6,17-18H2,1-3H3,(H,33,36)(H,34,35)/b16-15+. The Balaban J connectivity index is 1.88. The number of hydrogen-bond donors (Lipinski definition) is 2. The fourth-order valence-corrected chi connectivity index (χ4v) is 3.83. The van der Waals surface area contributed by atoms with Crippen LogP contribution in [0.3, 0.4) is 0 Å². The zero-order valence-corrected chi connectivity index (χ0v) is 21.6. The van der Waals surface area contributed by atoms with Crippen LogP contribution in [0.5, 0.6) is 5.75 Å². The van der Waals surface area contributed by atoms with Gasteiger partial charge in [0.2, 0.25) is 5.91 Å². The van der Waals surface area contributed by atoms with Gasteiger partial charge in [-0.15, -0.1) is 0 Å². The molecule has 0 saturated heterocycles. The maximum atomic E-state index is 13.1. The number of carbonyl (C=O) groups is 2. The van der Waals surface area contributed by atoms with Crippen LogP contribution in [0.4, 0.5) is 13.2 Å². The van der Waals surface area contributed by atoms with E-state index in [2.05, 4.69) is 10.6 Å². The monoisotopic (exact) mass is 528 g/mol. The van der Waals surface area contributed by atoms with E-state index in [0.717, 1.165) is 30.5 Å². The molecule has 0 aliphatic rings. The van der Waals surface area contributed by atoms with E-state index >= 15 is 0 Å². The van der Waals surface area contributed by atoms with Crippen molar-refractivity contribution in [2.45, 2.75) is 45.8 Å². The molecule has 2 N–H and O–H groups in total. The molecule has 0 fully saturated rings. The van der Waals surface area contributed by atoms with Crippen molar-refractivity contribution in [3.8, 4) is 17.1 Å². The third-order valence-electron chi connectivity index (χ3n) is 5.92. The van der Waals surface area contributed by atoms with Gasteiger partial charge in [-0.25, -0.2) is 0 Å². The van der Waals surface area contributed by atoms with Crippen LogP contribution < -0.4 is 15.4 Å². The molecule has 6 nitrogen and oxygen atoms in total. The van der Waals surface area contributed by atoms with Crippen LogP contribution in [-0.4, -0.2) is 25.5 Å². The first-order valence-electron chi connectivity index (χ1n) is 12.4. The van der Waals surface area contributed by atoms with E-state index in [1.165, 1.54) is 24.3 Å². The third kappa shape index (κ3) is 7.27. The van der Waals surface area contributed by atoms with Crippen molar-refractivity contribution < 1.29 is 31.9 Å². The molecule has 9 heteroatoms. The van der Waals surface area contributed by atoms with Crippen molar-refractivity contribution in [3.63, 3.8) is 0 Å².